The number of carboxylic acids is 1. The molecule has 0 aromatic heterocycles. The van der Waals surface area contributed by atoms with E-state index in [-0.39, 0.29) is 18.6 Å². The summed E-state index contributed by atoms with van der Waals surface area (Å²) < 4.78 is 10.5. The van der Waals surface area contributed by atoms with Crippen LogP contribution in [0.15, 0.2) is 18.2 Å². The number of ether oxygens (including phenoxy) is 2. The molecule has 1 aromatic carbocycles. The third-order valence-corrected chi connectivity index (χ3v) is 3.36. The summed E-state index contributed by atoms with van der Waals surface area (Å²) in [5, 5.41) is 12.3. The fourth-order valence-electron chi connectivity index (χ4n) is 2.43. The van der Waals surface area contributed by atoms with Gasteiger partial charge in [0.05, 0.1) is 5.92 Å². The lowest BCUT2D eigenvalue weighted by molar-refractivity contribution is -0.141. The zero-order chi connectivity index (χ0) is 11.8. The van der Waals surface area contributed by atoms with E-state index in [4.69, 9.17) is 14.6 Å². The van der Waals surface area contributed by atoms with Crippen molar-refractivity contribution in [2.45, 2.75) is 5.92 Å². The predicted molar refractivity (Wildman–Crippen MR) is 59.3 cm³/mol. The SMILES string of the molecule is O=C(O)C1CNCC1c1ccc2c(c1)OCO2. The summed E-state index contributed by atoms with van der Waals surface area (Å²) in [4.78, 5) is 11.1. The maximum atomic E-state index is 11.1. The second-order valence-corrected chi connectivity index (χ2v) is 4.32. The Kier molecular flexibility index (Phi) is 2.40. The quantitative estimate of drug-likeness (QED) is 0.793. The zero-order valence-electron chi connectivity index (χ0n) is 9.18. The summed E-state index contributed by atoms with van der Waals surface area (Å²) in [5.74, 6) is 0.320. The van der Waals surface area contributed by atoms with Crippen molar-refractivity contribution in [3.05, 3.63) is 23.8 Å². The van der Waals surface area contributed by atoms with Crippen LogP contribution in [0.3, 0.4) is 0 Å². The minimum Gasteiger partial charge on any atom is -0.481 e. The molecule has 0 amide bonds. The monoisotopic (exact) mass is 235 g/mol. The van der Waals surface area contributed by atoms with E-state index < -0.39 is 5.97 Å². The lowest BCUT2D eigenvalue weighted by atomic mass is 9.89. The van der Waals surface area contributed by atoms with E-state index >= 15 is 0 Å². The van der Waals surface area contributed by atoms with Gasteiger partial charge in [0.1, 0.15) is 0 Å². The minimum atomic E-state index is -0.752. The number of hydrogen-bond donors (Lipinski definition) is 2. The molecule has 0 spiro atoms. The highest BCUT2D eigenvalue weighted by molar-refractivity contribution is 5.72. The maximum Gasteiger partial charge on any atom is 0.308 e. The maximum absolute atomic E-state index is 11.1. The highest BCUT2D eigenvalue weighted by Crippen LogP contribution is 2.37. The molecule has 2 aliphatic heterocycles. The Balaban J connectivity index is 1.91. The van der Waals surface area contributed by atoms with Crippen LogP contribution < -0.4 is 14.8 Å². The van der Waals surface area contributed by atoms with Gasteiger partial charge in [-0.2, -0.15) is 0 Å². The predicted octanol–water partition coefficient (Wildman–Crippen LogP) is 0.803. The van der Waals surface area contributed by atoms with Crippen LogP contribution in [0.2, 0.25) is 0 Å². The van der Waals surface area contributed by atoms with Gasteiger partial charge >= 0.3 is 5.97 Å². The van der Waals surface area contributed by atoms with Crippen molar-refractivity contribution in [1.29, 1.82) is 0 Å². The molecule has 2 unspecified atom stereocenters. The first-order valence-corrected chi connectivity index (χ1v) is 5.59. The molecule has 0 aliphatic carbocycles. The largest absolute Gasteiger partial charge is 0.481 e. The Morgan fingerprint density at radius 1 is 1.29 bits per heavy atom. The average Bonchev–Trinajstić information content (AvgIpc) is 2.96. The number of nitrogens with one attached hydrogen (secondary N) is 1. The van der Waals surface area contributed by atoms with Crippen LogP contribution >= 0.6 is 0 Å². The van der Waals surface area contributed by atoms with Crippen molar-refractivity contribution in [1.82, 2.24) is 5.32 Å². The molecular weight excluding hydrogens is 222 g/mol. The molecule has 1 fully saturated rings. The molecule has 1 aromatic rings. The summed E-state index contributed by atoms with van der Waals surface area (Å²) in [6, 6.07) is 5.64. The smallest absolute Gasteiger partial charge is 0.308 e. The van der Waals surface area contributed by atoms with E-state index in [0.29, 0.717) is 18.8 Å². The van der Waals surface area contributed by atoms with Gasteiger partial charge in [0.15, 0.2) is 11.5 Å². The van der Waals surface area contributed by atoms with E-state index in [9.17, 15) is 4.79 Å². The first-order valence-electron chi connectivity index (χ1n) is 5.59. The number of carboxylic acid groups (broad SMARTS) is 1. The van der Waals surface area contributed by atoms with E-state index in [1.165, 1.54) is 0 Å². The van der Waals surface area contributed by atoms with Crippen LogP contribution in [-0.4, -0.2) is 31.0 Å². The highest BCUT2D eigenvalue weighted by atomic mass is 16.7. The van der Waals surface area contributed by atoms with Gasteiger partial charge in [0.2, 0.25) is 6.79 Å². The van der Waals surface area contributed by atoms with Crippen molar-refractivity contribution in [2.75, 3.05) is 19.9 Å². The molecule has 2 aliphatic rings. The number of hydrogen-bond acceptors (Lipinski definition) is 4. The Bertz CT molecular complexity index is 460. The first kappa shape index (κ1) is 10.4. The molecule has 1 saturated heterocycles. The molecule has 5 heteroatoms. The molecule has 3 rings (SSSR count). The third kappa shape index (κ3) is 1.72. The highest BCUT2D eigenvalue weighted by Gasteiger charge is 2.34. The Hall–Kier alpha value is -1.75. The van der Waals surface area contributed by atoms with Crippen molar-refractivity contribution in [3.8, 4) is 11.5 Å². The fourth-order valence-corrected chi connectivity index (χ4v) is 2.43. The number of fused-ring (bicyclic) bond motifs is 1. The lowest BCUT2D eigenvalue weighted by Crippen LogP contribution is -2.20. The van der Waals surface area contributed by atoms with Gasteiger partial charge in [-0.1, -0.05) is 6.07 Å². The molecule has 0 radical (unpaired) electrons. The molecule has 5 nitrogen and oxygen atoms in total. The van der Waals surface area contributed by atoms with Crippen LogP contribution in [0, 0.1) is 5.92 Å². The summed E-state index contributed by atoms with van der Waals surface area (Å²) >= 11 is 0. The van der Waals surface area contributed by atoms with Gasteiger partial charge < -0.3 is 19.9 Å². The summed E-state index contributed by atoms with van der Waals surface area (Å²) in [5.41, 5.74) is 0.992. The van der Waals surface area contributed by atoms with E-state index in [0.717, 1.165) is 11.3 Å². The van der Waals surface area contributed by atoms with Crippen molar-refractivity contribution in [2.24, 2.45) is 5.92 Å². The summed E-state index contributed by atoms with van der Waals surface area (Å²) in [6.45, 7) is 1.45. The Labute approximate surface area is 98.3 Å². The molecule has 90 valence electrons. The number of benzene rings is 1. The lowest BCUT2D eigenvalue weighted by Gasteiger charge is -2.15. The van der Waals surface area contributed by atoms with E-state index in [1.807, 2.05) is 18.2 Å². The second kappa shape index (κ2) is 3.92. The number of carbonyl (C=O) groups is 1. The number of aliphatic carboxylic acids is 1. The van der Waals surface area contributed by atoms with Gasteiger partial charge in [-0.15, -0.1) is 0 Å². The third-order valence-electron chi connectivity index (χ3n) is 3.36. The van der Waals surface area contributed by atoms with E-state index in [1.54, 1.807) is 0 Å². The zero-order valence-corrected chi connectivity index (χ0v) is 9.18. The summed E-state index contributed by atoms with van der Waals surface area (Å²) in [7, 11) is 0. The van der Waals surface area contributed by atoms with Gasteiger partial charge in [0.25, 0.3) is 0 Å². The summed E-state index contributed by atoms with van der Waals surface area (Å²) in [6.07, 6.45) is 0. The molecular formula is C12H13NO4. The van der Waals surface area contributed by atoms with Gasteiger partial charge in [-0.3, -0.25) is 4.79 Å². The molecule has 0 bridgehead atoms. The Morgan fingerprint density at radius 2 is 2.12 bits per heavy atom. The topological polar surface area (TPSA) is 67.8 Å². The second-order valence-electron chi connectivity index (χ2n) is 4.32. The van der Waals surface area contributed by atoms with Crippen molar-refractivity contribution >= 4 is 5.97 Å². The molecule has 0 saturated carbocycles. The van der Waals surface area contributed by atoms with Gasteiger partial charge in [-0.05, 0) is 17.7 Å². The van der Waals surface area contributed by atoms with Gasteiger partial charge in [-0.25, -0.2) is 0 Å². The molecule has 2 atom stereocenters. The first-order chi connectivity index (χ1) is 8.25. The average molecular weight is 235 g/mol. The number of rotatable bonds is 2. The molecule has 2 N–H and O–H groups in total. The van der Waals surface area contributed by atoms with Crippen LogP contribution in [0.4, 0.5) is 0 Å². The van der Waals surface area contributed by atoms with Crippen LogP contribution in [0.25, 0.3) is 0 Å². The van der Waals surface area contributed by atoms with E-state index in [2.05, 4.69) is 5.32 Å². The molecule has 2 heterocycles. The van der Waals surface area contributed by atoms with Crippen LogP contribution in [0.1, 0.15) is 11.5 Å². The minimum absolute atomic E-state index is 0.00185. The molecule has 17 heavy (non-hydrogen) atoms. The van der Waals surface area contributed by atoms with Crippen LogP contribution in [0.5, 0.6) is 11.5 Å². The standard InChI is InChI=1S/C12H13NO4/c14-12(15)9-5-13-4-8(9)7-1-2-10-11(3-7)17-6-16-10/h1-3,8-9,13H,4-6H2,(H,14,15). The van der Waals surface area contributed by atoms with Gasteiger partial charge in [0, 0.05) is 19.0 Å². The Morgan fingerprint density at radius 3 is 2.94 bits per heavy atom. The van der Waals surface area contributed by atoms with Crippen molar-refractivity contribution < 1.29 is 19.4 Å². The van der Waals surface area contributed by atoms with Crippen molar-refractivity contribution in [3.63, 3.8) is 0 Å². The normalized spacial score (nSPS) is 26.1. The van der Waals surface area contributed by atoms with Crippen LogP contribution in [-0.2, 0) is 4.79 Å². The fraction of sp³-hybridized carbons (Fsp3) is 0.417.